The van der Waals surface area contributed by atoms with Crippen molar-refractivity contribution in [1.29, 1.82) is 0 Å². The number of halogens is 5. The molecule has 134 valence electrons. The molecule has 3 rings (SSSR count). The van der Waals surface area contributed by atoms with E-state index in [9.17, 15) is 18.0 Å². The lowest BCUT2D eigenvalue weighted by Crippen LogP contribution is -2.31. The molecule has 0 unspecified atom stereocenters. The van der Waals surface area contributed by atoms with E-state index in [1.165, 1.54) is 0 Å². The van der Waals surface area contributed by atoms with Crippen molar-refractivity contribution in [3.8, 4) is 0 Å². The number of ketones is 1. The fourth-order valence-corrected chi connectivity index (χ4v) is 3.38. The van der Waals surface area contributed by atoms with Crippen molar-refractivity contribution in [3.05, 3.63) is 80.3 Å². The fourth-order valence-electron chi connectivity index (χ4n) is 2.84. The number of alkyl halides is 3. The molecule has 1 aliphatic carbocycles. The van der Waals surface area contributed by atoms with Gasteiger partial charge in [0.1, 0.15) is 0 Å². The highest BCUT2D eigenvalue weighted by Gasteiger charge is 2.43. The van der Waals surface area contributed by atoms with Gasteiger partial charge in [0, 0.05) is 15.1 Å². The van der Waals surface area contributed by atoms with Gasteiger partial charge in [-0.05, 0) is 52.9 Å². The lowest BCUT2D eigenvalue weighted by atomic mass is 9.97. The van der Waals surface area contributed by atoms with E-state index in [2.05, 4.69) is 15.9 Å². The Kier molecular flexibility index (Phi) is 5.39. The minimum atomic E-state index is -4.04. The van der Waals surface area contributed by atoms with Gasteiger partial charge in [-0.25, -0.2) is 4.39 Å². The molecular weight excluding hydrogens is 429 g/mol. The van der Waals surface area contributed by atoms with E-state index in [-0.39, 0.29) is 5.57 Å². The summed E-state index contributed by atoms with van der Waals surface area (Å²) in [6, 6.07) is 12.0. The number of benzene rings is 2. The van der Waals surface area contributed by atoms with Crippen LogP contribution in [0.25, 0.3) is 11.6 Å². The van der Waals surface area contributed by atoms with Gasteiger partial charge in [-0.15, -0.1) is 0 Å². The normalized spacial score (nSPS) is 14.2. The molecule has 1 aliphatic rings. The topological polar surface area (TPSA) is 17.1 Å². The van der Waals surface area contributed by atoms with Gasteiger partial charge >= 0.3 is 5.92 Å². The summed E-state index contributed by atoms with van der Waals surface area (Å²) in [5.41, 5.74) is 2.28. The van der Waals surface area contributed by atoms with Crippen molar-refractivity contribution < 1.29 is 18.0 Å². The van der Waals surface area contributed by atoms with Crippen LogP contribution in [0.15, 0.2) is 58.6 Å². The summed E-state index contributed by atoms with van der Waals surface area (Å²) in [5.74, 6) is -5.53. The first-order valence-corrected chi connectivity index (χ1v) is 8.93. The summed E-state index contributed by atoms with van der Waals surface area (Å²) in [7, 11) is 0. The van der Waals surface area contributed by atoms with Gasteiger partial charge in [0.15, 0.2) is 6.67 Å². The Morgan fingerprint density at radius 2 is 1.85 bits per heavy atom. The Labute approximate surface area is 162 Å². The predicted molar refractivity (Wildman–Crippen MR) is 101 cm³/mol. The number of hydrogen-bond donors (Lipinski definition) is 0. The highest BCUT2D eigenvalue weighted by atomic mass is 79.9. The van der Waals surface area contributed by atoms with Gasteiger partial charge < -0.3 is 0 Å². The van der Waals surface area contributed by atoms with Crippen LogP contribution in [0, 0.1) is 0 Å². The van der Waals surface area contributed by atoms with Crippen LogP contribution in [0.1, 0.15) is 16.7 Å². The summed E-state index contributed by atoms with van der Waals surface area (Å²) >= 11 is 9.18. The van der Waals surface area contributed by atoms with Crippen LogP contribution in [0.4, 0.5) is 13.2 Å². The molecule has 0 atom stereocenters. The SMILES string of the molecule is O=C(C1=C(/C=C/c2ccc(Cl)cc2)Cc2cc(Br)ccc21)C(F)(F)CF. The molecular formula is C20H13BrClF3O. The molecule has 6 heteroatoms. The molecule has 0 amide bonds. The fraction of sp³-hybridized carbons (Fsp3) is 0.150. The van der Waals surface area contributed by atoms with E-state index in [0.717, 1.165) is 15.6 Å². The van der Waals surface area contributed by atoms with Crippen LogP contribution >= 0.6 is 27.5 Å². The minimum Gasteiger partial charge on any atom is -0.287 e. The highest BCUT2D eigenvalue weighted by Crippen LogP contribution is 2.39. The average Bonchev–Trinajstić information content (AvgIpc) is 2.97. The van der Waals surface area contributed by atoms with Crippen LogP contribution in [0.3, 0.4) is 0 Å². The highest BCUT2D eigenvalue weighted by molar-refractivity contribution is 9.10. The first-order chi connectivity index (χ1) is 12.3. The number of hydrogen-bond acceptors (Lipinski definition) is 1. The molecule has 0 saturated carbocycles. The second-order valence-corrected chi connectivity index (χ2v) is 7.28. The molecule has 2 aromatic carbocycles. The predicted octanol–water partition coefficient (Wildman–Crippen LogP) is 6.30. The van der Waals surface area contributed by atoms with Crippen LogP contribution in [-0.4, -0.2) is 18.4 Å². The van der Waals surface area contributed by atoms with E-state index in [0.29, 0.717) is 22.6 Å². The third kappa shape index (κ3) is 3.79. The van der Waals surface area contributed by atoms with E-state index in [4.69, 9.17) is 11.6 Å². The van der Waals surface area contributed by atoms with Crippen molar-refractivity contribution in [3.63, 3.8) is 0 Å². The summed E-state index contributed by atoms with van der Waals surface area (Å²) in [5, 5.41) is 0.581. The zero-order chi connectivity index (χ0) is 18.9. The molecule has 0 fully saturated rings. The first kappa shape index (κ1) is 18.9. The van der Waals surface area contributed by atoms with E-state index < -0.39 is 18.4 Å². The molecule has 26 heavy (non-hydrogen) atoms. The molecule has 0 heterocycles. The molecule has 0 spiro atoms. The Hall–Kier alpha value is -1.85. The Morgan fingerprint density at radius 1 is 1.15 bits per heavy atom. The minimum absolute atomic E-state index is 0.125. The Morgan fingerprint density at radius 3 is 2.50 bits per heavy atom. The van der Waals surface area contributed by atoms with E-state index in [1.54, 1.807) is 54.6 Å². The molecule has 2 aromatic rings. The van der Waals surface area contributed by atoms with Gasteiger partial charge in [-0.1, -0.05) is 57.9 Å². The van der Waals surface area contributed by atoms with Crippen LogP contribution in [-0.2, 0) is 11.2 Å². The summed E-state index contributed by atoms with van der Waals surface area (Å²) < 4.78 is 41.0. The summed E-state index contributed by atoms with van der Waals surface area (Å²) in [6.45, 7) is -2.02. The van der Waals surface area contributed by atoms with Crippen molar-refractivity contribution in [2.24, 2.45) is 0 Å². The Balaban J connectivity index is 2.05. The summed E-state index contributed by atoms with van der Waals surface area (Å²) in [6.07, 6.45) is 3.66. The summed E-state index contributed by atoms with van der Waals surface area (Å²) in [4.78, 5) is 12.3. The first-order valence-electron chi connectivity index (χ1n) is 7.76. The number of carbonyl (C=O) groups is 1. The van der Waals surface area contributed by atoms with Crippen molar-refractivity contribution >= 4 is 45.0 Å². The van der Waals surface area contributed by atoms with Crippen LogP contribution in [0.2, 0.25) is 5.02 Å². The molecule has 1 nitrogen and oxygen atoms in total. The van der Waals surface area contributed by atoms with Crippen LogP contribution < -0.4 is 0 Å². The van der Waals surface area contributed by atoms with Gasteiger partial charge in [-0.2, -0.15) is 8.78 Å². The van der Waals surface area contributed by atoms with Crippen molar-refractivity contribution in [2.45, 2.75) is 12.3 Å². The third-order valence-corrected chi connectivity index (χ3v) is 4.86. The molecule has 0 saturated heterocycles. The molecule has 0 N–H and O–H groups in total. The number of rotatable bonds is 5. The quantitative estimate of drug-likeness (QED) is 0.532. The Bertz CT molecular complexity index is 917. The number of allylic oxidation sites excluding steroid dienone is 3. The van der Waals surface area contributed by atoms with Gasteiger partial charge in [-0.3, -0.25) is 4.79 Å². The van der Waals surface area contributed by atoms with Crippen LogP contribution in [0.5, 0.6) is 0 Å². The third-order valence-electron chi connectivity index (χ3n) is 4.11. The standard InChI is InChI=1S/C20H13BrClF3O/c21-15-5-8-17-14(10-15)9-13(18(17)19(26)20(24,25)11-23)4-1-12-2-6-16(22)7-3-12/h1-8,10H,9,11H2/b4-1+. The maximum Gasteiger partial charge on any atom is 0.337 e. The van der Waals surface area contributed by atoms with E-state index >= 15 is 0 Å². The molecule has 0 aliphatic heterocycles. The average molecular weight is 442 g/mol. The van der Waals surface area contributed by atoms with Crippen molar-refractivity contribution in [1.82, 2.24) is 0 Å². The number of Topliss-reactive ketones (excluding diaryl/α,β-unsaturated/α-hetero) is 1. The molecule has 0 aromatic heterocycles. The number of carbonyl (C=O) groups excluding carboxylic acids is 1. The molecule has 0 radical (unpaired) electrons. The maximum absolute atomic E-state index is 13.7. The largest absolute Gasteiger partial charge is 0.337 e. The smallest absolute Gasteiger partial charge is 0.287 e. The van der Waals surface area contributed by atoms with Gasteiger partial charge in [0.2, 0.25) is 5.78 Å². The second-order valence-electron chi connectivity index (χ2n) is 5.93. The maximum atomic E-state index is 13.7. The zero-order valence-electron chi connectivity index (χ0n) is 13.4. The zero-order valence-corrected chi connectivity index (χ0v) is 15.8. The van der Waals surface area contributed by atoms with Gasteiger partial charge in [0.05, 0.1) is 0 Å². The van der Waals surface area contributed by atoms with Gasteiger partial charge in [0.25, 0.3) is 0 Å². The van der Waals surface area contributed by atoms with Crippen molar-refractivity contribution in [2.75, 3.05) is 6.67 Å². The number of fused-ring (bicyclic) bond motifs is 1. The lowest BCUT2D eigenvalue weighted by molar-refractivity contribution is -0.138. The van der Waals surface area contributed by atoms with E-state index in [1.807, 2.05) is 0 Å². The molecule has 0 bridgehead atoms. The lowest BCUT2D eigenvalue weighted by Gasteiger charge is -2.13. The monoisotopic (exact) mass is 440 g/mol. The second kappa shape index (κ2) is 7.41.